The molecule has 0 spiro atoms. The molecular weight excluding hydrogens is 392 g/mol. The molecule has 7 atom stereocenters. The first-order valence-electron chi connectivity index (χ1n) is 13.6. The lowest BCUT2D eigenvalue weighted by Crippen LogP contribution is -2.52. The normalized spacial score (nSPS) is 41.8. The van der Waals surface area contributed by atoms with E-state index in [0.29, 0.717) is 11.3 Å². The lowest BCUT2D eigenvalue weighted by molar-refractivity contribution is -0.153. The molecule has 2 nitrogen and oxygen atoms in total. The molecule has 4 aliphatic carbocycles. The highest BCUT2D eigenvalue weighted by atomic mass is 16.5. The number of fused-ring (bicyclic) bond motifs is 4. The number of carbonyl (C=O) groups is 1. The molecule has 0 unspecified atom stereocenters. The molecule has 0 aliphatic heterocycles. The summed E-state index contributed by atoms with van der Waals surface area (Å²) in [5, 5.41) is 0. The van der Waals surface area contributed by atoms with E-state index in [-0.39, 0.29) is 22.9 Å². The number of carbonyl (C=O) groups excluding carboxylic acids is 1. The largest absolute Gasteiger partial charge is 0.462 e. The zero-order valence-electron chi connectivity index (χ0n) is 21.9. The van der Waals surface area contributed by atoms with Crippen LogP contribution in [-0.2, 0) is 9.53 Å². The lowest BCUT2D eigenvalue weighted by Gasteiger charge is -2.59. The third-order valence-electron chi connectivity index (χ3n) is 10.9. The van der Waals surface area contributed by atoms with Gasteiger partial charge in [-0.25, -0.2) is 0 Å². The summed E-state index contributed by atoms with van der Waals surface area (Å²) in [4.78, 5) is 12.1. The van der Waals surface area contributed by atoms with Crippen molar-refractivity contribution in [3.8, 4) is 0 Å². The first-order valence-corrected chi connectivity index (χ1v) is 13.6. The maximum absolute atomic E-state index is 12.1. The Balaban J connectivity index is 1.66. The van der Waals surface area contributed by atoms with Crippen molar-refractivity contribution < 1.29 is 9.53 Å². The Morgan fingerprint density at radius 3 is 2.53 bits per heavy atom. The number of hydrogen-bond donors (Lipinski definition) is 0. The van der Waals surface area contributed by atoms with E-state index in [9.17, 15) is 4.79 Å². The third kappa shape index (κ3) is 3.72. The van der Waals surface area contributed by atoms with Crippen LogP contribution in [0.1, 0.15) is 113 Å². The van der Waals surface area contributed by atoms with E-state index in [1.165, 1.54) is 44.9 Å². The zero-order valence-corrected chi connectivity index (χ0v) is 21.9. The van der Waals surface area contributed by atoms with E-state index >= 15 is 0 Å². The highest BCUT2D eigenvalue weighted by Gasteiger charge is 2.62. The molecule has 0 aromatic rings. The van der Waals surface area contributed by atoms with Gasteiger partial charge in [0.2, 0.25) is 0 Å². The maximum atomic E-state index is 12.1. The molecular formula is C30H48O2. The van der Waals surface area contributed by atoms with Crippen LogP contribution in [0.4, 0.5) is 0 Å². The number of allylic oxidation sites excluding steroid dienone is 3. The molecule has 2 heteroatoms. The Morgan fingerprint density at radius 2 is 1.84 bits per heavy atom. The molecule has 0 bridgehead atoms. The molecule has 4 aliphatic rings. The van der Waals surface area contributed by atoms with E-state index in [1.54, 1.807) is 18.1 Å². The second-order valence-corrected chi connectivity index (χ2v) is 12.9. The van der Waals surface area contributed by atoms with Gasteiger partial charge in [-0.2, -0.15) is 0 Å². The van der Waals surface area contributed by atoms with Gasteiger partial charge < -0.3 is 4.74 Å². The summed E-state index contributed by atoms with van der Waals surface area (Å²) < 4.78 is 6.04. The van der Waals surface area contributed by atoms with E-state index in [1.807, 2.05) is 0 Å². The summed E-state index contributed by atoms with van der Waals surface area (Å²) in [7, 11) is 0. The summed E-state index contributed by atoms with van der Waals surface area (Å²) in [6.45, 7) is 16.5. The minimum atomic E-state index is -0.109. The average molecular weight is 441 g/mol. The highest BCUT2D eigenvalue weighted by Crippen LogP contribution is 2.71. The van der Waals surface area contributed by atoms with Crippen LogP contribution in [0.15, 0.2) is 23.3 Å². The third-order valence-corrected chi connectivity index (χ3v) is 10.9. The van der Waals surface area contributed by atoms with Crippen LogP contribution in [-0.4, -0.2) is 12.1 Å². The number of esters is 1. The SMILES string of the molecule is CC(=O)O[C@H]1CC2=C(CC[C@]3(C)[C@@H]([C@H](C)CCCC(C)C)CC[C@@]23C)[C@@]2(C)CC=CC[C@H]12. The Labute approximate surface area is 197 Å². The summed E-state index contributed by atoms with van der Waals surface area (Å²) in [5.41, 5.74) is 4.24. The second kappa shape index (κ2) is 8.62. The van der Waals surface area contributed by atoms with Crippen molar-refractivity contribution in [2.75, 3.05) is 0 Å². The van der Waals surface area contributed by atoms with Crippen molar-refractivity contribution in [1.29, 1.82) is 0 Å². The fourth-order valence-corrected chi connectivity index (χ4v) is 8.80. The number of hydrogen-bond acceptors (Lipinski definition) is 2. The van der Waals surface area contributed by atoms with Gasteiger partial charge in [-0.1, -0.05) is 84.1 Å². The van der Waals surface area contributed by atoms with Crippen molar-refractivity contribution >= 4 is 5.97 Å². The van der Waals surface area contributed by atoms with Crippen molar-refractivity contribution in [1.82, 2.24) is 0 Å². The Morgan fingerprint density at radius 1 is 1.09 bits per heavy atom. The van der Waals surface area contributed by atoms with Gasteiger partial charge in [-0.3, -0.25) is 4.79 Å². The van der Waals surface area contributed by atoms with Crippen LogP contribution in [0.25, 0.3) is 0 Å². The van der Waals surface area contributed by atoms with E-state index in [0.717, 1.165) is 37.0 Å². The standard InChI is InChI=1S/C30H48O2/c1-20(2)11-10-12-21(3)23-14-17-30(7)26-19-27(32-22(4)31)25-13-8-9-16-28(25,5)24(26)15-18-29(23,30)6/h8-9,20-21,23,25,27H,10-19H2,1-7H3/t21-,23-,25-,27+,28-,29-,30+/m1/s1. The molecule has 0 heterocycles. The fourth-order valence-electron chi connectivity index (χ4n) is 8.80. The van der Waals surface area contributed by atoms with Crippen molar-refractivity contribution in [2.24, 2.45) is 39.9 Å². The molecule has 1 saturated carbocycles. The quantitative estimate of drug-likeness (QED) is 0.307. The van der Waals surface area contributed by atoms with Gasteiger partial charge >= 0.3 is 5.97 Å². The van der Waals surface area contributed by atoms with Crippen LogP contribution in [0.5, 0.6) is 0 Å². The summed E-state index contributed by atoms with van der Waals surface area (Å²) in [5.74, 6) is 2.76. The summed E-state index contributed by atoms with van der Waals surface area (Å²) in [6.07, 6.45) is 17.3. The molecule has 0 aromatic heterocycles. The molecule has 0 saturated heterocycles. The molecule has 1 fully saturated rings. The zero-order chi connectivity index (χ0) is 23.3. The van der Waals surface area contributed by atoms with Crippen LogP contribution >= 0.6 is 0 Å². The minimum absolute atomic E-state index is 0.0443. The predicted molar refractivity (Wildman–Crippen MR) is 133 cm³/mol. The fraction of sp³-hybridized carbons (Fsp3) is 0.833. The molecule has 4 rings (SSSR count). The van der Waals surface area contributed by atoms with E-state index in [2.05, 4.69) is 53.7 Å². The summed E-state index contributed by atoms with van der Waals surface area (Å²) >= 11 is 0. The highest BCUT2D eigenvalue weighted by molar-refractivity contribution is 5.66. The topological polar surface area (TPSA) is 26.3 Å². The van der Waals surface area contributed by atoms with Gasteiger partial charge in [-0.05, 0) is 72.5 Å². The minimum Gasteiger partial charge on any atom is -0.462 e. The number of rotatable bonds is 6. The van der Waals surface area contributed by atoms with Gasteiger partial charge in [0.25, 0.3) is 0 Å². The smallest absolute Gasteiger partial charge is 0.302 e. The van der Waals surface area contributed by atoms with Crippen LogP contribution in [0.2, 0.25) is 0 Å². The summed E-state index contributed by atoms with van der Waals surface area (Å²) in [6, 6.07) is 0. The Kier molecular flexibility index (Phi) is 6.49. The average Bonchev–Trinajstić information content (AvgIpc) is 2.99. The van der Waals surface area contributed by atoms with Crippen molar-refractivity contribution in [2.45, 2.75) is 119 Å². The lowest BCUT2D eigenvalue weighted by atomic mass is 9.46. The van der Waals surface area contributed by atoms with Crippen LogP contribution < -0.4 is 0 Å². The first-order chi connectivity index (χ1) is 15.0. The van der Waals surface area contributed by atoms with Gasteiger partial charge in [0.1, 0.15) is 6.10 Å². The Hall–Kier alpha value is -1.05. The van der Waals surface area contributed by atoms with Crippen molar-refractivity contribution in [3.05, 3.63) is 23.3 Å². The van der Waals surface area contributed by atoms with Gasteiger partial charge in [0, 0.05) is 19.3 Å². The molecule has 0 aromatic carbocycles. The second-order valence-electron chi connectivity index (χ2n) is 12.9. The monoisotopic (exact) mass is 440 g/mol. The van der Waals surface area contributed by atoms with Gasteiger partial charge in [0.15, 0.2) is 0 Å². The van der Waals surface area contributed by atoms with Crippen LogP contribution in [0, 0.1) is 39.9 Å². The van der Waals surface area contributed by atoms with Crippen LogP contribution in [0.3, 0.4) is 0 Å². The maximum Gasteiger partial charge on any atom is 0.302 e. The number of ether oxygens (including phenoxy) is 1. The Bertz CT molecular complexity index is 791. The van der Waals surface area contributed by atoms with Gasteiger partial charge in [-0.15, -0.1) is 0 Å². The molecule has 32 heavy (non-hydrogen) atoms. The van der Waals surface area contributed by atoms with Gasteiger partial charge in [0.05, 0.1) is 0 Å². The van der Waals surface area contributed by atoms with Crippen molar-refractivity contribution in [3.63, 3.8) is 0 Å². The molecule has 0 radical (unpaired) electrons. The predicted octanol–water partition coefficient (Wildman–Crippen LogP) is 8.27. The molecule has 0 N–H and O–H groups in total. The first kappa shape index (κ1) is 24.1. The van der Waals surface area contributed by atoms with E-state index < -0.39 is 0 Å². The molecule has 0 amide bonds. The molecule has 180 valence electrons. The van der Waals surface area contributed by atoms with E-state index in [4.69, 9.17) is 4.74 Å².